The summed E-state index contributed by atoms with van der Waals surface area (Å²) in [5.41, 5.74) is 6.49. The molecule has 1 atom stereocenters. The lowest BCUT2D eigenvalue weighted by Gasteiger charge is -2.20. The molecular formula is C14H20ClN. The SMILES string of the molecule is CN(C)C1CCc2cc3c(cc21)CCC3.Cl. The first-order valence-corrected chi connectivity index (χ1v) is 6.06. The molecule has 3 rings (SSSR count). The summed E-state index contributed by atoms with van der Waals surface area (Å²) in [5.74, 6) is 0. The number of rotatable bonds is 1. The number of benzene rings is 1. The first-order valence-electron chi connectivity index (χ1n) is 6.06. The van der Waals surface area contributed by atoms with E-state index in [0.717, 1.165) is 0 Å². The van der Waals surface area contributed by atoms with Gasteiger partial charge in [-0.05, 0) is 68.5 Å². The van der Waals surface area contributed by atoms with E-state index >= 15 is 0 Å². The van der Waals surface area contributed by atoms with Crippen molar-refractivity contribution in [3.8, 4) is 0 Å². The normalized spacial score (nSPS) is 21.8. The van der Waals surface area contributed by atoms with Crippen molar-refractivity contribution < 1.29 is 0 Å². The van der Waals surface area contributed by atoms with E-state index in [9.17, 15) is 0 Å². The van der Waals surface area contributed by atoms with E-state index in [0.29, 0.717) is 6.04 Å². The molecule has 0 N–H and O–H groups in total. The molecule has 0 saturated heterocycles. The molecule has 0 aliphatic heterocycles. The number of halogens is 1. The predicted octanol–water partition coefficient (Wildman–Crippen LogP) is 3.15. The molecule has 1 aromatic carbocycles. The molecule has 0 radical (unpaired) electrons. The average Bonchev–Trinajstić information content (AvgIpc) is 2.77. The first-order chi connectivity index (χ1) is 7.25. The summed E-state index contributed by atoms with van der Waals surface area (Å²) in [5, 5.41) is 0. The summed E-state index contributed by atoms with van der Waals surface area (Å²) in [6.07, 6.45) is 6.58. The van der Waals surface area contributed by atoms with Crippen molar-refractivity contribution in [3.63, 3.8) is 0 Å². The predicted molar refractivity (Wildman–Crippen MR) is 70.5 cm³/mol. The van der Waals surface area contributed by atoms with Gasteiger partial charge in [-0.15, -0.1) is 12.4 Å². The highest BCUT2D eigenvalue weighted by molar-refractivity contribution is 5.85. The van der Waals surface area contributed by atoms with Crippen LogP contribution in [0.4, 0.5) is 0 Å². The second-order valence-corrected chi connectivity index (χ2v) is 5.19. The molecule has 0 saturated carbocycles. The molecule has 2 aliphatic rings. The smallest absolute Gasteiger partial charge is 0.0348 e. The van der Waals surface area contributed by atoms with Gasteiger partial charge in [0.2, 0.25) is 0 Å². The molecule has 1 aromatic rings. The van der Waals surface area contributed by atoms with Gasteiger partial charge >= 0.3 is 0 Å². The van der Waals surface area contributed by atoms with Gasteiger partial charge in [-0.25, -0.2) is 0 Å². The fourth-order valence-electron chi connectivity index (χ4n) is 3.20. The van der Waals surface area contributed by atoms with Gasteiger partial charge in [0.15, 0.2) is 0 Å². The van der Waals surface area contributed by atoms with Crippen LogP contribution in [0.1, 0.15) is 41.1 Å². The monoisotopic (exact) mass is 237 g/mol. The summed E-state index contributed by atoms with van der Waals surface area (Å²) in [4.78, 5) is 2.37. The number of fused-ring (bicyclic) bond motifs is 2. The highest BCUT2D eigenvalue weighted by Gasteiger charge is 2.26. The molecule has 88 valence electrons. The van der Waals surface area contributed by atoms with Crippen molar-refractivity contribution in [2.45, 2.75) is 38.1 Å². The fraction of sp³-hybridized carbons (Fsp3) is 0.571. The third-order valence-electron chi connectivity index (χ3n) is 4.02. The van der Waals surface area contributed by atoms with E-state index in [1.54, 1.807) is 22.3 Å². The minimum absolute atomic E-state index is 0. The van der Waals surface area contributed by atoms with Crippen LogP contribution in [0.5, 0.6) is 0 Å². The van der Waals surface area contributed by atoms with Crippen LogP contribution in [-0.2, 0) is 19.3 Å². The van der Waals surface area contributed by atoms with Crippen molar-refractivity contribution in [1.82, 2.24) is 4.90 Å². The van der Waals surface area contributed by atoms with E-state index in [2.05, 4.69) is 31.1 Å². The molecule has 0 spiro atoms. The van der Waals surface area contributed by atoms with Crippen LogP contribution in [0.25, 0.3) is 0 Å². The Balaban J connectivity index is 0.000000963. The van der Waals surface area contributed by atoms with Crippen molar-refractivity contribution in [3.05, 3.63) is 34.4 Å². The van der Waals surface area contributed by atoms with Gasteiger partial charge in [0, 0.05) is 6.04 Å². The van der Waals surface area contributed by atoms with Crippen LogP contribution < -0.4 is 0 Å². The van der Waals surface area contributed by atoms with Crippen LogP contribution in [0.2, 0.25) is 0 Å². The molecule has 0 aromatic heterocycles. The highest BCUT2D eigenvalue weighted by atomic mass is 35.5. The summed E-state index contributed by atoms with van der Waals surface area (Å²) < 4.78 is 0. The van der Waals surface area contributed by atoms with Gasteiger partial charge in [0.05, 0.1) is 0 Å². The zero-order chi connectivity index (χ0) is 10.4. The molecule has 1 unspecified atom stereocenters. The lowest BCUT2D eigenvalue weighted by atomic mass is 10.0. The van der Waals surface area contributed by atoms with Crippen molar-refractivity contribution in [2.75, 3.05) is 14.1 Å². The zero-order valence-electron chi connectivity index (χ0n) is 10.1. The Morgan fingerprint density at radius 2 is 1.69 bits per heavy atom. The summed E-state index contributed by atoms with van der Waals surface area (Å²) in [6, 6.07) is 5.65. The summed E-state index contributed by atoms with van der Waals surface area (Å²) >= 11 is 0. The minimum Gasteiger partial charge on any atom is -0.302 e. The maximum absolute atomic E-state index is 2.50. The number of hydrogen-bond acceptors (Lipinski definition) is 1. The lowest BCUT2D eigenvalue weighted by molar-refractivity contribution is 0.299. The molecule has 2 heteroatoms. The standard InChI is InChI=1S/C14H19N.ClH/c1-15(2)14-7-6-12-8-10-4-3-5-11(10)9-13(12)14;/h8-9,14H,3-7H2,1-2H3;1H. The van der Waals surface area contributed by atoms with Crippen LogP contribution in [0, 0.1) is 0 Å². The Bertz CT molecular complexity index is 398. The number of aryl methyl sites for hydroxylation is 3. The van der Waals surface area contributed by atoms with Crippen LogP contribution in [0.15, 0.2) is 12.1 Å². The largest absolute Gasteiger partial charge is 0.302 e. The third kappa shape index (κ3) is 1.76. The third-order valence-corrected chi connectivity index (χ3v) is 4.02. The van der Waals surface area contributed by atoms with Gasteiger partial charge in [0.1, 0.15) is 0 Å². The molecule has 16 heavy (non-hydrogen) atoms. The molecule has 1 nitrogen and oxygen atoms in total. The van der Waals surface area contributed by atoms with Crippen molar-refractivity contribution >= 4 is 12.4 Å². The maximum Gasteiger partial charge on any atom is 0.0348 e. The average molecular weight is 238 g/mol. The van der Waals surface area contributed by atoms with E-state index < -0.39 is 0 Å². The Morgan fingerprint density at radius 3 is 2.38 bits per heavy atom. The van der Waals surface area contributed by atoms with E-state index in [-0.39, 0.29) is 12.4 Å². The molecule has 0 bridgehead atoms. The summed E-state index contributed by atoms with van der Waals surface area (Å²) in [7, 11) is 4.40. The van der Waals surface area contributed by atoms with Gasteiger partial charge in [-0.3, -0.25) is 0 Å². The Hall–Kier alpha value is -0.530. The molecule has 0 heterocycles. The zero-order valence-corrected chi connectivity index (χ0v) is 10.9. The Kier molecular flexibility index (Phi) is 3.27. The molecule has 2 aliphatic carbocycles. The van der Waals surface area contributed by atoms with Crippen LogP contribution >= 0.6 is 12.4 Å². The van der Waals surface area contributed by atoms with Crippen molar-refractivity contribution in [1.29, 1.82) is 0 Å². The number of nitrogens with zero attached hydrogens (tertiary/aromatic N) is 1. The number of hydrogen-bond donors (Lipinski definition) is 0. The quantitative estimate of drug-likeness (QED) is 0.726. The topological polar surface area (TPSA) is 3.24 Å². The molecule has 0 fully saturated rings. The van der Waals surface area contributed by atoms with Gasteiger partial charge in [-0.2, -0.15) is 0 Å². The lowest BCUT2D eigenvalue weighted by Crippen LogP contribution is -2.17. The van der Waals surface area contributed by atoms with Gasteiger partial charge in [-0.1, -0.05) is 12.1 Å². The van der Waals surface area contributed by atoms with Gasteiger partial charge in [0.25, 0.3) is 0 Å². The van der Waals surface area contributed by atoms with Crippen molar-refractivity contribution in [2.24, 2.45) is 0 Å². The van der Waals surface area contributed by atoms with E-state index in [1.165, 1.54) is 32.1 Å². The highest BCUT2D eigenvalue weighted by Crippen LogP contribution is 2.38. The molecular weight excluding hydrogens is 218 g/mol. The second kappa shape index (κ2) is 4.38. The van der Waals surface area contributed by atoms with E-state index in [4.69, 9.17) is 0 Å². The maximum atomic E-state index is 2.50. The van der Waals surface area contributed by atoms with Crippen LogP contribution in [0.3, 0.4) is 0 Å². The minimum atomic E-state index is 0. The Morgan fingerprint density at radius 1 is 1.00 bits per heavy atom. The fourth-order valence-corrected chi connectivity index (χ4v) is 3.20. The second-order valence-electron chi connectivity index (χ2n) is 5.19. The molecule has 0 amide bonds. The van der Waals surface area contributed by atoms with Gasteiger partial charge < -0.3 is 4.90 Å². The van der Waals surface area contributed by atoms with Crippen LogP contribution in [-0.4, -0.2) is 19.0 Å². The first kappa shape index (κ1) is 11.9. The summed E-state index contributed by atoms with van der Waals surface area (Å²) in [6.45, 7) is 0. The Labute approximate surface area is 104 Å². The van der Waals surface area contributed by atoms with E-state index in [1.807, 2.05) is 0 Å².